The van der Waals surface area contributed by atoms with Gasteiger partial charge in [0.1, 0.15) is 5.75 Å². The van der Waals surface area contributed by atoms with E-state index >= 15 is 0 Å². The number of nitrogens with one attached hydrogen (secondary N) is 1. The molecule has 1 heterocycles. The van der Waals surface area contributed by atoms with Gasteiger partial charge in [-0.2, -0.15) is 0 Å². The molecule has 0 bridgehead atoms. The Labute approximate surface area is 165 Å². The fourth-order valence-electron chi connectivity index (χ4n) is 3.31. The summed E-state index contributed by atoms with van der Waals surface area (Å²) in [5, 5.41) is 3.81. The smallest absolute Gasteiger partial charge is 0.251 e. The first-order valence-corrected chi connectivity index (χ1v) is 9.55. The lowest BCUT2D eigenvalue weighted by Gasteiger charge is -2.38. The van der Waals surface area contributed by atoms with Gasteiger partial charge in [-0.1, -0.05) is 23.7 Å². The lowest BCUT2D eigenvalue weighted by molar-refractivity contribution is 0.0886. The molecule has 6 heteroatoms. The van der Waals surface area contributed by atoms with Gasteiger partial charge in [-0.25, -0.2) is 0 Å². The largest absolute Gasteiger partial charge is 0.497 e. The minimum absolute atomic E-state index is 0.0780. The minimum atomic E-state index is -0.0780. The number of halogens is 1. The molecule has 1 aliphatic heterocycles. The van der Waals surface area contributed by atoms with E-state index in [4.69, 9.17) is 16.3 Å². The van der Waals surface area contributed by atoms with Gasteiger partial charge in [0.2, 0.25) is 0 Å². The number of likely N-dealkylation sites (N-methyl/N-ethyl adjacent to an activating group) is 1. The summed E-state index contributed by atoms with van der Waals surface area (Å²) >= 11 is 6.05. The first kappa shape index (κ1) is 19.7. The molecule has 5 nitrogen and oxygen atoms in total. The average Bonchev–Trinajstić information content (AvgIpc) is 2.70. The van der Waals surface area contributed by atoms with Crippen LogP contribution >= 0.6 is 11.6 Å². The first-order valence-electron chi connectivity index (χ1n) is 9.17. The number of amides is 1. The molecule has 0 saturated carbocycles. The van der Waals surface area contributed by atoms with Crippen LogP contribution in [0.4, 0.5) is 0 Å². The summed E-state index contributed by atoms with van der Waals surface area (Å²) in [6, 6.07) is 15.2. The molecule has 0 aromatic heterocycles. The van der Waals surface area contributed by atoms with Crippen molar-refractivity contribution in [3.8, 4) is 5.75 Å². The Balaban J connectivity index is 1.70. The number of rotatable bonds is 6. The molecule has 2 aromatic carbocycles. The summed E-state index contributed by atoms with van der Waals surface area (Å²) in [4.78, 5) is 17.3. The van der Waals surface area contributed by atoms with Crippen molar-refractivity contribution in [2.45, 2.75) is 6.04 Å². The van der Waals surface area contributed by atoms with Crippen molar-refractivity contribution in [2.24, 2.45) is 0 Å². The third-order valence-electron chi connectivity index (χ3n) is 5.04. The van der Waals surface area contributed by atoms with E-state index < -0.39 is 0 Å². The van der Waals surface area contributed by atoms with E-state index in [0.717, 1.165) is 37.0 Å². The summed E-state index contributed by atoms with van der Waals surface area (Å²) in [5.41, 5.74) is 1.79. The van der Waals surface area contributed by atoms with E-state index in [1.165, 1.54) is 5.56 Å². The van der Waals surface area contributed by atoms with Gasteiger partial charge in [0.15, 0.2) is 0 Å². The molecular weight excluding hydrogens is 362 g/mol. The summed E-state index contributed by atoms with van der Waals surface area (Å²) in [5.74, 6) is 0.661. The van der Waals surface area contributed by atoms with Crippen LogP contribution in [0.5, 0.6) is 5.75 Å². The number of hydrogen-bond donors (Lipinski definition) is 1. The van der Waals surface area contributed by atoms with Crippen LogP contribution in [0.3, 0.4) is 0 Å². The van der Waals surface area contributed by atoms with E-state index in [2.05, 4.69) is 22.2 Å². The van der Waals surface area contributed by atoms with E-state index in [1.807, 2.05) is 24.3 Å². The molecule has 27 heavy (non-hydrogen) atoms. The molecule has 1 N–H and O–H groups in total. The molecule has 1 amide bonds. The van der Waals surface area contributed by atoms with Crippen LogP contribution in [0, 0.1) is 0 Å². The number of ether oxygens (including phenoxy) is 1. The van der Waals surface area contributed by atoms with Crippen molar-refractivity contribution in [3.63, 3.8) is 0 Å². The van der Waals surface area contributed by atoms with Gasteiger partial charge in [0.25, 0.3) is 5.91 Å². The minimum Gasteiger partial charge on any atom is -0.497 e. The van der Waals surface area contributed by atoms with Gasteiger partial charge in [-0.15, -0.1) is 0 Å². The van der Waals surface area contributed by atoms with Gasteiger partial charge in [0.05, 0.1) is 13.2 Å². The molecule has 0 radical (unpaired) electrons. The quantitative estimate of drug-likeness (QED) is 0.827. The highest BCUT2D eigenvalue weighted by Gasteiger charge is 2.24. The predicted molar refractivity (Wildman–Crippen MR) is 109 cm³/mol. The van der Waals surface area contributed by atoms with E-state index in [1.54, 1.807) is 31.4 Å². The molecule has 3 rings (SSSR count). The van der Waals surface area contributed by atoms with E-state index in [-0.39, 0.29) is 11.9 Å². The van der Waals surface area contributed by atoms with Gasteiger partial charge < -0.3 is 15.0 Å². The summed E-state index contributed by atoms with van der Waals surface area (Å²) in [7, 11) is 3.75. The molecule has 1 unspecified atom stereocenters. The Morgan fingerprint density at radius 1 is 1.07 bits per heavy atom. The molecule has 2 aromatic rings. The highest BCUT2D eigenvalue weighted by atomic mass is 35.5. The van der Waals surface area contributed by atoms with Crippen LogP contribution < -0.4 is 10.1 Å². The highest BCUT2D eigenvalue weighted by Crippen LogP contribution is 2.23. The number of carbonyl (C=O) groups is 1. The van der Waals surface area contributed by atoms with E-state index in [9.17, 15) is 4.79 Å². The van der Waals surface area contributed by atoms with Crippen molar-refractivity contribution in [1.29, 1.82) is 0 Å². The number of carbonyl (C=O) groups excluding carboxylic acids is 1. The standard InChI is InChI=1S/C21H26ClN3O2/c1-24-11-13-25(14-12-24)20(16-3-7-18(22)8-4-16)15-23-21(26)17-5-9-19(27-2)10-6-17/h3-10,20H,11-15H2,1-2H3,(H,23,26). The zero-order chi connectivity index (χ0) is 19.2. The van der Waals surface area contributed by atoms with Gasteiger partial charge in [-0.05, 0) is 49.0 Å². The second kappa shape index (κ2) is 9.22. The fourth-order valence-corrected chi connectivity index (χ4v) is 3.44. The predicted octanol–water partition coefficient (Wildman–Crippen LogP) is 3.07. The van der Waals surface area contributed by atoms with Crippen LogP contribution in [0.25, 0.3) is 0 Å². The topological polar surface area (TPSA) is 44.8 Å². The molecule has 0 aliphatic carbocycles. The van der Waals surface area contributed by atoms with Crippen LogP contribution in [-0.4, -0.2) is 62.6 Å². The number of methoxy groups -OCH3 is 1. The monoisotopic (exact) mass is 387 g/mol. The first-order chi connectivity index (χ1) is 13.1. The molecule has 1 aliphatic rings. The maximum atomic E-state index is 12.6. The second-order valence-electron chi connectivity index (χ2n) is 6.85. The summed E-state index contributed by atoms with van der Waals surface area (Å²) in [6.45, 7) is 4.55. The zero-order valence-electron chi connectivity index (χ0n) is 15.8. The normalized spacial score (nSPS) is 16.7. The number of piperazine rings is 1. The molecule has 1 fully saturated rings. The van der Waals surface area contributed by atoms with Gasteiger partial charge >= 0.3 is 0 Å². The van der Waals surface area contributed by atoms with Crippen molar-refractivity contribution in [2.75, 3.05) is 46.9 Å². The Bertz CT molecular complexity index is 741. The number of nitrogens with zero attached hydrogens (tertiary/aromatic N) is 2. The van der Waals surface area contributed by atoms with Crippen LogP contribution in [0.1, 0.15) is 22.0 Å². The lowest BCUT2D eigenvalue weighted by atomic mass is 10.0. The van der Waals surface area contributed by atoms with Gasteiger partial charge in [0, 0.05) is 43.3 Å². The average molecular weight is 388 g/mol. The number of hydrogen-bond acceptors (Lipinski definition) is 4. The maximum absolute atomic E-state index is 12.6. The Hall–Kier alpha value is -2.08. The SMILES string of the molecule is COc1ccc(C(=O)NCC(c2ccc(Cl)cc2)N2CCN(C)CC2)cc1. The Morgan fingerprint density at radius 2 is 1.70 bits per heavy atom. The van der Waals surface area contributed by atoms with Crippen LogP contribution in [0.2, 0.25) is 5.02 Å². The van der Waals surface area contributed by atoms with E-state index in [0.29, 0.717) is 12.1 Å². The number of benzene rings is 2. The van der Waals surface area contributed by atoms with Crippen molar-refractivity contribution in [3.05, 3.63) is 64.7 Å². The second-order valence-corrected chi connectivity index (χ2v) is 7.28. The Kier molecular flexibility index (Phi) is 6.72. The molecule has 144 valence electrons. The molecule has 0 spiro atoms. The molecule has 1 saturated heterocycles. The lowest BCUT2D eigenvalue weighted by Crippen LogP contribution is -2.48. The maximum Gasteiger partial charge on any atom is 0.251 e. The molecular formula is C21H26ClN3O2. The summed E-state index contributed by atoms with van der Waals surface area (Å²) in [6.07, 6.45) is 0. The van der Waals surface area contributed by atoms with Gasteiger partial charge in [-0.3, -0.25) is 9.69 Å². The third kappa shape index (κ3) is 5.22. The van der Waals surface area contributed by atoms with Crippen molar-refractivity contribution < 1.29 is 9.53 Å². The third-order valence-corrected chi connectivity index (χ3v) is 5.29. The van der Waals surface area contributed by atoms with Crippen molar-refractivity contribution in [1.82, 2.24) is 15.1 Å². The zero-order valence-corrected chi connectivity index (χ0v) is 16.6. The Morgan fingerprint density at radius 3 is 2.30 bits per heavy atom. The highest BCUT2D eigenvalue weighted by molar-refractivity contribution is 6.30. The van der Waals surface area contributed by atoms with Crippen LogP contribution in [-0.2, 0) is 0 Å². The fraction of sp³-hybridized carbons (Fsp3) is 0.381. The van der Waals surface area contributed by atoms with Crippen LogP contribution in [0.15, 0.2) is 48.5 Å². The molecule has 1 atom stereocenters. The van der Waals surface area contributed by atoms with Crippen molar-refractivity contribution >= 4 is 17.5 Å². The summed E-state index contributed by atoms with van der Waals surface area (Å²) < 4.78 is 5.15.